The van der Waals surface area contributed by atoms with E-state index < -0.39 is 0 Å². The minimum Gasteiger partial charge on any atom is -0.300 e. The lowest BCUT2D eigenvalue weighted by molar-refractivity contribution is 0.295. The van der Waals surface area contributed by atoms with Crippen LogP contribution in [0.3, 0.4) is 0 Å². The van der Waals surface area contributed by atoms with E-state index in [4.69, 9.17) is 11.6 Å². The summed E-state index contributed by atoms with van der Waals surface area (Å²) in [5, 5.41) is 0.707. The third-order valence-electron chi connectivity index (χ3n) is 6.76. The molecule has 170 valence electrons. The van der Waals surface area contributed by atoms with Crippen LogP contribution >= 0.6 is 22.9 Å². The Labute approximate surface area is 203 Å². The third-order valence-corrected chi connectivity index (χ3v) is 8.17. The van der Waals surface area contributed by atoms with E-state index in [-0.39, 0.29) is 11.6 Å². The molecule has 0 bridgehead atoms. The van der Waals surface area contributed by atoms with Gasteiger partial charge in [-0.2, -0.15) is 0 Å². The number of rotatable bonds is 6. The van der Waals surface area contributed by atoms with Crippen LogP contribution in [0.25, 0.3) is 20.7 Å². The monoisotopic (exact) mass is 477 g/mol. The van der Waals surface area contributed by atoms with E-state index in [9.17, 15) is 4.79 Å². The summed E-state index contributed by atoms with van der Waals surface area (Å²) in [6.07, 6.45) is 4.58. The molecular formula is C27H28ClN3OS. The van der Waals surface area contributed by atoms with Crippen molar-refractivity contribution >= 4 is 33.2 Å². The Balaban J connectivity index is 1.40. The zero-order chi connectivity index (χ0) is 22.9. The molecule has 0 radical (unpaired) electrons. The average Bonchev–Trinajstić information content (AvgIpc) is 3.28. The molecule has 0 N–H and O–H groups in total. The second-order valence-electron chi connectivity index (χ2n) is 8.75. The van der Waals surface area contributed by atoms with Gasteiger partial charge in [0.05, 0.1) is 11.8 Å². The largest absolute Gasteiger partial charge is 0.300 e. The summed E-state index contributed by atoms with van der Waals surface area (Å²) in [7, 11) is 0. The smallest absolute Gasteiger partial charge is 0.271 e. The molecular weight excluding hydrogens is 450 g/mol. The van der Waals surface area contributed by atoms with Crippen LogP contribution < -0.4 is 5.56 Å². The minimum atomic E-state index is 0.0665. The molecule has 1 aliphatic carbocycles. The van der Waals surface area contributed by atoms with Crippen LogP contribution in [0.15, 0.2) is 59.7 Å². The molecule has 0 saturated carbocycles. The standard InChI is InChI=1S/C27H28ClN3OS/c1-3-30(4-2)16-18-5-6-21-14-23(12-9-20(21)13-18)31-17-29-24-15-25(33-26(24)27(31)32)19-7-10-22(28)11-8-19/h5-8,10-11,13,15,17,23H,3-4,9,12,14,16H2,1-2H3/t23-/m0/s1. The molecule has 0 amide bonds. The maximum absolute atomic E-state index is 13.4. The Hall–Kier alpha value is -2.47. The average molecular weight is 478 g/mol. The quantitative estimate of drug-likeness (QED) is 0.324. The topological polar surface area (TPSA) is 38.1 Å². The molecule has 1 aliphatic rings. The maximum Gasteiger partial charge on any atom is 0.271 e. The number of nitrogens with zero attached hydrogens (tertiary/aromatic N) is 3. The number of halogens is 1. The predicted molar refractivity (Wildman–Crippen MR) is 138 cm³/mol. The van der Waals surface area contributed by atoms with Crippen LogP contribution in [0, 0.1) is 0 Å². The zero-order valence-corrected chi connectivity index (χ0v) is 20.6. The molecule has 33 heavy (non-hydrogen) atoms. The van der Waals surface area contributed by atoms with Gasteiger partial charge in [0.15, 0.2) is 0 Å². The molecule has 5 rings (SSSR count). The van der Waals surface area contributed by atoms with Gasteiger partial charge in [-0.1, -0.05) is 55.8 Å². The summed E-state index contributed by atoms with van der Waals surface area (Å²) in [6.45, 7) is 7.55. The lowest BCUT2D eigenvalue weighted by atomic mass is 9.87. The first kappa shape index (κ1) is 22.3. The molecule has 2 aromatic carbocycles. The fourth-order valence-electron chi connectivity index (χ4n) is 4.77. The van der Waals surface area contributed by atoms with Crippen molar-refractivity contribution in [3.05, 3.63) is 86.9 Å². The Morgan fingerprint density at radius 2 is 1.88 bits per heavy atom. The first-order chi connectivity index (χ1) is 16.1. The van der Waals surface area contributed by atoms with Crippen molar-refractivity contribution in [3.8, 4) is 10.4 Å². The molecule has 0 unspecified atom stereocenters. The van der Waals surface area contributed by atoms with E-state index in [0.29, 0.717) is 5.02 Å². The summed E-state index contributed by atoms with van der Waals surface area (Å²) in [6, 6.07) is 16.8. The molecule has 2 heterocycles. The lowest BCUT2D eigenvalue weighted by Crippen LogP contribution is -2.29. The molecule has 0 spiro atoms. The van der Waals surface area contributed by atoms with Crippen molar-refractivity contribution in [2.45, 2.75) is 45.7 Å². The van der Waals surface area contributed by atoms with Gasteiger partial charge in [0.25, 0.3) is 5.56 Å². The molecule has 0 fully saturated rings. The first-order valence-electron chi connectivity index (χ1n) is 11.6. The van der Waals surface area contributed by atoms with Crippen LogP contribution in [0.2, 0.25) is 5.02 Å². The highest BCUT2D eigenvalue weighted by molar-refractivity contribution is 7.22. The fourth-order valence-corrected chi connectivity index (χ4v) is 5.95. The van der Waals surface area contributed by atoms with Crippen molar-refractivity contribution in [2.24, 2.45) is 0 Å². The lowest BCUT2D eigenvalue weighted by Gasteiger charge is -2.27. The second kappa shape index (κ2) is 9.41. The Morgan fingerprint density at radius 3 is 2.64 bits per heavy atom. The van der Waals surface area contributed by atoms with Gasteiger partial charge in [-0.05, 0) is 72.8 Å². The number of aromatic nitrogens is 2. The van der Waals surface area contributed by atoms with Gasteiger partial charge in [0, 0.05) is 22.5 Å². The predicted octanol–water partition coefficient (Wildman–Crippen LogP) is 6.35. The Kier molecular flexibility index (Phi) is 6.37. The van der Waals surface area contributed by atoms with Crippen molar-refractivity contribution in [1.82, 2.24) is 14.5 Å². The molecule has 2 aromatic heterocycles. The van der Waals surface area contributed by atoms with Gasteiger partial charge in [-0.15, -0.1) is 11.3 Å². The highest BCUT2D eigenvalue weighted by Gasteiger charge is 2.23. The van der Waals surface area contributed by atoms with Crippen molar-refractivity contribution in [3.63, 3.8) is 0 Å². The van der Waals surface area contributed by atoms with Gasteiger partial charge in [-0.25, -0.2) is 4.98 Å². The van der Waals surface area contributed by atoms with E-state index in [1.807, 2.05) is 34.9 Å². The molecule has 4 aromatic rings. The van der Waals surface area contributed by atoms with E-state index in [1.54, 1.807) is 6.33 Å². The summed E-state index contributed by atoms with van der Waals surface area (Å²) in [4.78, 5) is 21.5. The van der Waals surface area contributed by atoms with Gasteiger partial charge in [-0.3, -0.25) is 14.3 Å². The highest BCUT2D eigenvalue weighted by Crippen LogP contribution is 2.33. The summed E-state index contributed by atoms with van der Waals surface area (Å²) < 4.78 is 2.58. The number of benzene rings is 2. The van der Waals surface area contributed by atoms with E-state index in [0.717, 1.165) is 59.6 Å². The zero-order valence-electron chi connectivity index (χ0n) is 19.1. The van der Waals surface area contributed by atoms with Gasteiger partial charge in [0.2, 0.25) is 0 Å². The first-order valence-corrected chi connectivity index (χ1v) is 12.8. The molecule has 0 aliphatic heterocycles. The number of thiophene rings is 1. The summed E-state index contributed by atoms with van der Waals surface area (Å²) in [5.74, 6) is 0. The SMILES string of the molecule is CCN(CC)Cc1ccc2c(c1)CC[C@H](n1cnc3cc(-c4ccc(Cl)cc4)sc3c1=O)C2. The van der Waals surface area contributed by atoms with E-state index in [1.165, 1.54) is 28.0 Å². The van der Waals surface area contributed by atoms with Crippen molar-refractivity contribution < 1.29 is 0 Å². The van der Waals surface area contributed by atoms with E-state index in [2.05, 4.69) is 41.9 Å². The maximum atomic E-state index is 13.4. The van der Waals surface area contributed by atoms with Crippen molar-refractivity contribution in [1.29, 1.82) is 0 Å². The Bertz CT molecular complexity index is 1340. The van der Waals surface area contributed by atoms with Crippen LogP contribution in [0.5, 0.6) is 0 Å². The number of fused-ring (bicyclic) bond motifs is 2. The van der Waals surface area contributed by atoms with Crippen molar-refractivity contribution in [2.75, 3.05) is 13.1 Å². The minimum absolute atomic E-state index is 0.0665. The highest BCUT2D eigenvalue weighted by atomic mass is 35.5. The Morgan fingerprint density at radius 1 is 1.09 bits per heavy atom. The van der Waals surface area contributed by atoms with Gasteiger partial charge in [0.1, 0.15) is 4.70 Å². The normalized spacial score (nSPS) is 15.8. The number of hydrogen-bond acceptors (Lipinski definition) is 4. The molecule has 6 heteroatoms. The fraction of sp³-hybridized carbons (Fsp3) is 0.333. The summed E-state index contributed by atoms with van der Waals surface area (Å²) >= 11 is 7.54. The number of hydrogen-bond donors (Lipinski definition) is 0. The molecule has 4 nitrogen and oxygen atoms in total. The van der Waals surface area contributed by atoms with E-state index >= 15 is 0 Å². The van der Waals surface area contributed by atoms with Crippen LogP contribution in [0.1, 0.15) is 43.0 Å². The second-order valence-corrected chi connectivity index (χ2v) is 10.2. The van der Waals surface area contributed by atoms with Gasteiger partial charge >= 0.3 is 0 Å². The number of aryl methyl sites for hydroxylation is 1. The summed E-state index contributed by atoms with van der Waals surface area (Å²) in [5.41, 5.74) is 6.05. The molecule has 0 saturated heterocycles. The van der Waals surface area contributed by atoms with Crippen LogP contribution in [0.4, 0.5) is 0 Å². The van der Waals surface area contributed by atoms with Gasteiger partial charge < -0.3 is 0 Å². The molecule has 1 atom stereocenters. The third kappa shape index (κ3) is 4.50. The van der Waals surface area contributed by atoms with Crippen LogP contribution in [-0.4, -0.2) is 27.5 Å². The van der Waals surface area contributed by atoms with Crippen LogP contribution in [-0.2, 0) is 19.4 Å².